The maximum Gasteiger partial charge on any atom is 3.00 e. The van der Waals surface area contributed by atoms with E-state index in [4.69, 9.17) is 97.7 Å². The number of rotatable bonds is 10. The van der Waals surface area contributed by atoms with E-state index in [0.29, 0.717) is 69.4 Å². The van der Waals surface area contributed by atoms with E-state index < -0.39 is 0 Å². The molecule has 0 aromatic carbocycles. The molecule has 563 valence electrons. The van der Waals surface area contributed by atoms with Crippen molar-refractivity contribution in [3.63, 3.8) is 0 Å². The smallest absolute Gasteiger partial charge is 0.412 e. The minimum atomic E-state index is 0. The van der Waals surface area contributed by atoms with Crippen molar-refractivity contribution in [3.8, 4) is 0 Å². The van der Waals surface area contributed by atoms with Crippen molar-refractivity contribution in [2.75, 3.05) is 186 Å². The quantitative estimate of drug-likeness (QED) is 0.0441. The predicted molar refractivity (Wildman–Crippen MR) is 533 cm³/mol. The third-order valence-electron chi connectivity index (χ3n) is 7.62. The number of hydrogen-bond donors (Lipinski definition) is 6. The number of nitrogens with zero attached hydrogens (tertiary/aromatic N) is 11. The fourth-order valence-electron chi connectivity index (χ4n) is 2.37. The second kappa shape index (κ2) is 94.7. The third-order valence-corrected chi connectivity index (χ3v) is 27.7. The summed E-state index contributed by atoms with van der Waals surface area (Å²) in [7, 11) is 47.4. The molecule has 0 atom stereocenters. The van der Waals surface area contributed by atoms with Crippen LogP contribution >= 0.6 is 294 Å². The zero-order valence-corrected chi connectivity index (χ0v) is 94.5. The van der Waals surface area contributed by atoms with Crippen LogP contribution in [0.3, 0.4) is 0 Å². The average molecular weight is 2070 g/mol. The van der Waals surface area contributed by atoms with Gasteiger partial charge in [-0.05, 0) is 114 Å². The van der Waals surface area contributed by atoms with Gasteiger partial charge in [-0.3, -0.25) is 0 Å². The van der Waals surface area contributed by atoms with Crippen LogP contribution in [-0.4, -0.2) is 309 Å². The van der Waals surface area contributed by atoms with Gasteiger partial charge in [0.15, 0.2) is 0 Å². The molecule has 0 aliphatic carbocycles. The summed E-state index contributed by atoms with van der Waals surface area (Å²) in [5, 5.41) is 14.5. The van der Waals surface area contributed by atoms with E-state index in [1.807, 2.05) is 146 Å². The predicted octanol–water partition coefficient (Wildman–Crippen LogP) is 5.02. The largest absolute Gasteiger partial charge is 3.00 e. The van der Waals surface area contributed by atoms with Crippen molar-refractivity contribution >= 4 is 452 Å². The molecule has 0 aromatic rings. The van der Waals surface area contributed by atoms with Crippen LogP contribution < -0.4 is 85.7 Å². The molecule has 16 nitrogen and oxygen atoms in total. The summed E-state index contributed by atoms with van der Waals surface area (Å²) in [6.45, 7) is 15.0. The van der Waals surface area contributed by atoms with E-state index in [0.717, 1.165) is 52.1 Å². The molecular formula is C47H91FeN16Na2S32Zn. The molecule has 0 amide bonds. The van der Waals surface area contributed by atoms with Crippen LogP contribution in [-0.2, 0) is 125 Å². The Labute approximate surface area is 828 Å². The third kappa shape index (κ3) is 123. The zero-order chi connectivity index (χ0) is 77.4. The summed E-state index contributed by atoms with van der Waals surface area (Å²) in [6.07, 6.45) is 0. The Morgan fingerprint density at radius 3 is 0.566 bits per heavy atom. The second-order valence-electron chi connectivity index (χ2n) is 17.4. The fourth-order valence-corrected chi connectivity index (χ4v) is 12.7. The minimum Gasteiger partial charge on any atom is -0.412 e. The van der Waals surface area contributed by atoms with Crippen LogP contribution in [0.25, 0.3) is 0 Å². The molecule has 0 aliphatic heterocycles. The van der Waals surface area contributed by atoms with E-state index in [9.17, 15) is 0 Å². The Bertz CT molecular complexity index is 2050. The molecule has 99 heavy (non-hydrogen) atoms. The standard InChI is InChI=1S/C10H18N4S8.C10H20N2S4.C6H12N2S4.C4H8N2S4.5C3H7NS2.C2H5NS2.Fe.2Na.Zn/c1-13(2)9(17)21-19-7(15)11-5-6-12-8(16)20-22-10(18)14(3)4;1-5-11(6-2)9(13)15-16-10(14)12(7-3)8-4;1-7(2)5(9)11-12-6(10)8(3)4;7-3(8)5-1-2-6-4(9)10;5*1-4(2)3(5)6;1-3-2(4)5;;;;/h5-6H2,1-4H3,(H,11,15)(H,12,16);5-8H2,1-4H3;1-4H3;1-2H2,(H2,5,7,8)(H2,6,9,10);5*1-2H3,(H,5,6);1H3,(H2,3,4,5);;;;/q;;;;;;;;;;+3;2*+1;+2/p-7. The van der Waals surface area contributed by atoms with E-state index in [-0.39, 0.29) is 95.7 Å². The Balaban J connectivity index is -0.0000000703. The van der Waals surface area contributed by atoms with Gasteiger partial charge in [-0.2, -0.15) is 0 Å². The van der Waals surface area contributed by atoms with Crippen LogP contribution in [0.2, 0.25) is 0 Å². The van der Waals surface area contributed by atoms with Crippen molar-refractivity contribution < 1.29 is 95.7 Å². The van der Waals surface area contributed by atoms with Crippen molar-refractivity contribution in [2.45, 2.75) is 27.7 Å². The molecule has 0 unspecified atom stereocenters. The molecule has 52 heteroatoms. The number of hydrogen-bond acceptors (Lipinski definition) is 31. The van der Waals surface area contributed by atoms with Crippen molar-refractivity contribution in [1.29, 1.82) is 0 Å². The first-order valence-corrected chi connectivity index (χ1v) is 44.4. The van der Waals surface area contributed by atoms with Gasteiger partial charge >= 0.3 is 95.7 Å². The first-order valence-electron chi connectivity index (χ1n) is 26.0. The van der Waals surface area contributed by atoms with Gasteiger partial charge in [0.2, 0.25) is 0 Å². The SMILES string of the molecule is CCN(CC)C(=S)SSC(=S)N(CC)CC.CN(C)C(=S)SSC(=S)N(C)C.CN(C)C(=S)SSC(=S)NCCNC(=S)SSC(=S)N(C)C.CN(C)C(=S)[S-].CN(C)C(=S)[S-].CN(C)C(=S)[S-].CN(C)C(=S)[S-].CN(C)C(=S)[S-].CNC(=S)S.S=C([S-])NCCNC(=S)[S-].[Fe+3].[Na+].[Na+].[Zn+2]. The van der Waals surface area contributed by atoms with Crippen molar-refractivity contribution in [2.24, 2.45) is 0 Å². The number of nitrogens with one attached hydrogen (secondary N) is 5. The van der Waals surface area contributed by atoms with Crippen LogP contribution in [0.15, 0.2) is 0 Å². The maximum absolute atomic E-state index is 5.34. The summed E-state index contributed by atoms with van der Waals surface area (Å²) < 4.78 is 10.3. The molecular weight excluding hydrogens is 1980 g/mol. The summed E-state index contributed by atoms with van der Waals surface area (Å²) in [5.41, 5.74) is 0. The van der Waals surface area contributed by atoms with Crippen LogP contribution in [0.1, 0.15) is 27.7 Å². The monoisotopic (exact) mass is 2070 g/mol. The first-order chi connectivity index (χ1) is 43.4. The Hall–Kier alpha value is 6.07. The molecule has 0 fully saturated rings. The molecule has 0 rings (SSSR count). The molecule has 0 aliphatic rings. The van der Waals surface area contributed by atoms with Gasteiger partial charge in [0.1, 0.15) is 38.9 Å². The molecule has 0 spiro atoms. The van der Waals surface area contributed by atoms with E-state index in [2.05, 4.69) is 263 Å². The summed E-state index contributed by atoms with van der Waals surface area (Å²) in [4.78, 5) is 20.4. The molecule has 5 N–H and O–H groups in total. The summed E-state index contributed by atoms with van der Waals surface area (Å²) in [5.74, 6) is 0. The van der Waals surface area contributed by atoms with E-state index >= 15 is 0 Å². The summed E-state index contributed by atoms with van der Waals surface area (Å²) >= 11 is 114. The van der Waals surface area contributed by atoms with Crippen molar-refractivity contribution in [1.82, 2.24) is 80.5 Å². The Kier molecular flexibility index (Phi) is 131. The van der Waals surface area contributed by atoms with Crippen molar-refractivity contribution in [3.05, 3.63) is 0 Å². The normalized spacial score (nSPS) is 8.44. The van der Waals surface area contributed by atoms with E-state index in [1.54, 1.807) is 53.1 Å². The molecule has 1 radical (unpaired) electrons. The van der Waals surface area contributed by atoms with Gasteiger partial charge in [-0.25, -0.2) is 0 Å². The van der Waals surface area contributed by atoms with Gasteiger partial charge in [0.05, 0.1) is 0 Å². The van der Waals surface area contributed by atoms with E-state index in [1.165, 1.54) is 64.8 Å². The van der Waals surface area contributed by atoms with Gasteiger partial charge in [0.25, 0.3) is 0 Å². The number of thiocarbonyl (C=S) groups is 16. The van der Waals surface area contributed by atoms with Crippen LogP contribution in [0.5, 0.6) is 0 Å². The second-order valence-corrected chi connectivity index (χ2v) is 39.5. The molecule has 0 aromatic heterocycles. The van der Waals surface area contributed by atoms with Gasteiger partial charge in [-0.1, -0.05) is 140 Å². The Morgan fingerprint density at radius 2 is 0.444 bits per heavy atom. The first kappa shape index (κ1) is 137. The van der Waals surface area contributed by atoms with Gasteiger partial charge < -0.3 is 254 Å². The topological polar surface area (TPSA) is 95.8 Å². The van der Waals surface area contributed by atoms with Gasteiger partial charge in [-0.15, -0.1) is 12.6 Å². The average Bonchev–Trinajstić information content (AvgIpc) is 1.09. The molecule has 0 heterocycles. The summed E-state index contributed by atoms with van der Waals surface area (Å²) in [6, 6.07) is 0. The number of thiol groups is 1. The molecule has 0 saturated heterocycles. The van der Waals surface area contributed by atoms with Crippen LogP contribution in [0, 0.1) is 0 Å². The molecule has 0 bridgehead atoms. The Morgan fingerprint density at radius 1 is 0.303 bits per heavy atom. The molecule has 0 saturated carbocycles. The van der Waals surface area contributed by atoms with Crippen LogP contribution in [0.4, 0.5) is 0 Å². The fraction of sp³-hybridized carbons (Fsp3) is 0.660. The van der Waals surface area contributed by atoms with Gasteiger partial charge in [0, 0.05) is 186 Å². The minimum absolute atomic E-state index is 0. The maximum atomic E-state index is 5.34. The zero-order valence-electron chi connectivity index (χ0n) is 60.2.